The number of nitrogens with zero attached hydrogens (tertiary/aromatic N) is 1. The molecule has 0 aliphatic carbocycles. The Bertz CT molecular complexity index is 1030. The van der Waals surface area contributed by atoms with E-state index in [9.17, 15) is 0 Å². The minimum absolute atomic E-state index is 0.121. The summed E-state index contributed by atoms with van der Waals surface area (Å²) in [6.07, 6.45) is 0.886. The Kier molecular flexibility index (Phi) is 5.43. The van der Waals surface area contributed by atoms with Crippen LogP contribution in [0.15, 0.2) is 77.7 Å². The molecule has 0 bridgehead atoms. The number of thiazole rings is 1. The maximum atomic E-state index is 5.92. The van der Waals surface area contributed by atoms with Gasteiger partial charge in [-0.1, -0.05) is 48.0 Å². The standard InChI is InChI=1S/C22H21N3S2/c1-15-6-4-7-16(12-15)13-20(25-27-18-9-5-8-17(23)14-18)22-24-19-10-2-3-11-21(19)26-22/h2-12,14,20,25H,13,23H2,1H3. The van der Waals surface area contributed by atoms with E-state index in [1.165, 1.54) is 15.8 Å². The van der Waals surface area contributed by atoms with Gasteiger partial charge in [0.1, 0.15) is 5.01 Å². The number of nitrogens with two attached hydrogens (primary N) is 1. The first kappa shape index (κ1) is 18.0. The van der Waals surface area contributed by atoms with Crippen LogP contribution in [0.25, 0.3) is 10.2 Å². The Morgan fingerprint density at radius 1 is 1.04 bits per heavy atom. The SMILES string of the molecule is Cc1cccc(CC(NSc2cccc(N)c2)c2nc3ccccc3s2)c1. The minimum atomic E-state index is 0.121. The molecule has 1 aromatic heterocycles. The van der Waals surface area contributed by atoms with Gasteiger partial charge in [-0.25, -0.2) is 9.71 Å². The Balaban J connectivity index is 1.61. The number of rotatable bonds is 6. The second kappa shape index (κ2) is 8.13. The lowest BCUT2D eigenvalue weighted by atomic mass is 10.0. The number of fused-ring (bicyclic) bond motifs is 1. The predicted octanol–water partition coefficient (Wildman–Crippen LogP) is 5.77. The normalized spacial score (nSPS) is 12.3. The van der Waals surface area contributed by atoms with Gasteiger partial charge >= 0.3 is 0 Å². The van der Waals surface area contributed by atoms with Crippen molar-refractivity contribution in [2.45, 2.75) is 24.3 Å². The van der Waals surface area contributed by atoms with Crippen molar-refractivity contribution in [1.29, 1.82) is 0 Å². The predicted molar refractivity (Wildman–Crippen MR) is 117 cm³/mol. The Morgan fingerprint density at radius 3 is 2.70 bits per heavy atom. The van der Waals surface area contributed by atoms with Gasteiger partial charge in [0.05, 0.1) is 16.3 Å². The van der Waals surface area contributed by atoms with E-state index in [-0.39, 0.29) is 6.04 Å². The largest absolute Gasteiger partial charge is 0.399 e. The van der Waals surface area contributed by atoms with Crippen LogP contribution in [-0.4, -0.2) is 4.98 Å². The molecule has 4 aromatic rings. The molecule has 0 fully saturated rings. The molecule has 3 aromatic carbocycles. The van der Waals surface area contributed by atoms with E-state index in [1.807, 2.05) is 24.3 Å². The number of anilines is 1. The van der Waals surface area contributed by atoms with Crippen LogP contribution < -0.4 is 10.5 Å². The van der Waals surface area contributed by atoms with E-state index in [0.29, 0.717) is 0 Å². The van der Waals surface area contributed by atoms with Crippen molar-refractivity contribution in [1.82, 2.24) is 9.71 Å². The molecule has 1 unspecified atom stereocenters. The molecular weight excluding hydrogens is 370 g/mol. The fraction of sp³-hybridized carbons (Fsp3) is 0.136. The first-order valence-corrected chi connectivity index (χ1v) is 10.5. The molecule has 0 aliphatic heterocycles. The van der Waals surface area contributed by atoms with Gasteiger partial charge in [-0.2, -0.15) is 0 Å². The van der Waals surface area contributed by atoms with Gasteiger partial charge in [-0.05, 0) is 61.2 Å². The first-order chi connectivity index (χ1) is 13.2. The Hall–Kier alpha value is -2.34. The lowest BCUT2D eigenvalue weighted by Gasteiger charge is -2.16. The molecule has 5 heteroatoms. The summed E-state index contributed by atoms with van der Waals surface area (Å²) in [5.74, 6) is 0. The van der Waals surface area contributed by atoms with Crippen LogP contribution >= 0.6 is 23.3 Å². The van der Waals surface area contributed by atoms with E-state index >= 15 is 0 Å². The monoisotopic (exact) mass is 391 g/mol. The summed E-state index contributed by atoms with van der Waals surface area (Å²) in [6.45, 7) is 2.13. The lowest BCUT2D eigenvalue weighted by molar-refractivity contribution is 0.668. The zero-order chi connectivity index (χ0) is 18.6. The summed E-state index contributed by atoms with van der Waals surface area (Å²) in [5, 5.41) is 1.11. The van der Waals surface area contributed by atoms with E-state index in [1.54, 1.807) is 23.3 Å². The molecule has 0 spiro atoms. The van der Waals surface area contributed by atoms with Crippen LogP contribution in [0.3, 0.4) is 0 Å². The van der Waals surface area contributed by atoms with Gasteiger partial charge in [-0.15, -0.1) is 11.3 Å². The highest BCUT2D eigenvalue weighted by atomic mass is 32.2. The molecule has 0 aliphatic rings. The van der Waals surface area contributed by atoms with E-state index in [4.69, 9.17) is 10.7 Å². The van der Waals surface area contributed by atoms with Crippen LogP contribution in [0.4, 0.5) is 5.69 Å². The number of benzene rings is 3. The van der Waals surface area contributed by atoms with Crippen molar-refractivity contribution in [3.8, 4) is 0 Å². The second-order valence-electron chi connectivity index (χ2n) is 6.56. The summed E-state index contributed by atoms with van der Waals surface area (Å²) >= 11 is 3.36. The first-order valence-electron chi connectivity index (χ1n) is 8.86. The molecule has 0 radical (unpaired) electrons. The average Bonchev–Trinajstić information content (AvgIpc) is 3.09. The van der Waals surface area contributed by atoms with Gasteiger partial charge in [-0.3, -0.25) is 0 Å². The smallest absolute Gasteiger partial charge is 0.112 e. The number of nitrogen functional groups attached to an aromatic ring is 1. The molecule has 4 rings (SSSR count). The number of aryl methyl sites for hydroxylation is 1. The van der Waals surface area contributed by atoms with Gasteiger partial charge < -0.3 is 5.73 Å². The second-order valence-corrected chi connectivity index (χ2v) is 8.53. The minimum Gasteiger partial charge on any atom is -0.399 e. The zero-order valence-electron chi connectivity index (χ0n) is 15.1. The highest BCUT2D eigenvalue weighted by Gasteiger charge is 2.17. The van der Waals surface area contributed by atoms with Gasteiger partial charge in [0.15, 0.2) is 0 Å². The van der Waals surface area contributed by atoms with Crippen molar-refractivity contribution in [2.24, 2.45) is 0 Å². The van der Waals surface area contributed by atoms with Gasteiger partial charge in [0.25, 0.3) is 0 Å². The van der Waals surface area contributed by atoms with Crippen LogP contribution in [0, 0.1) is 6.92 Å². The summed E-state index contributed by atoms with van der Waals surface area (Å²) in [4.78, 5) is 5.98. The molecular formula is C22H21N3S2. The van der Waals surface area contributed by atoms with Crippen molar-refractivity contribution < 1.29 is 0 Å². The van der Waals surface area contributed by atoms with Crippen molar-refractivity contribution >= 4 is 39.2 Å². The Morgan fingerprint density at radius 2 is 1.89 bits per heavy atom. The van der Waals surface area contributed by atoms with Crippen LogP contribution in [-0.2, 0) is 6.42 Å². The lowest BCUT2D eigenvalue weighted by Crippen LogP contribution is -2.17. The topological polar surface area (TPSA) is 50.9 Å². The van der Waals surface area contributed by atoms with Crippen LogP contribution in [0.2, 0.25) is 0 Å². The molecule has 0 amide bonds. The van der Waals surface area contributed by atoms with E-state index < -0.39 is 0 Å². The number of aromatic nitrogens is 1. The molecule has 3 nitrogen and oxygen atoms in total. The van der Waals surface area contributed by atoms with Gasteiger partial charge in [0.2, 0.25) is 0 Å². The Labute approximate surface area is 167 Å². The molecule has 0 saturated heterocycles. The van der Waals surface area contributed by atoms with Crippen molar-refractivity contribution in [3.63, 3.8) is 0 Å². The molecule has 0 saturated carbocycles. The van der Waals surface area contributed by atoms with Crippen molar-refractivity contribution in [3.05, 3.63) is 88.9 Å². The molecule has 136 valence electrons. The van der Waals surface area contributed by atoms with E-state index in [2.05, 4.69) is 60.2 Å². The number of hydrogen-bond acceptors (Lipinski definition) is 5. The fourth-order valence-corrected chi connectivity index (χ4v) is 4.92. The highest BCUT2D eigenvalue weighted by molar-refractivity contribution is 7.97. The summed E-state index contributed by atoms with van der Waals surface area (Å²) < 4.78 is 4.84. The maximum absolute atomic E-state index is 5.92. The summed E-state index contributed by atoms with van der Waals surface area (Å²) in [7, 11) is 0. The van der Waals surface area contributed by atoms with Gasteiger partial charge in [0, 0.05) is 10.6 Å². The van der Waals surface area contributed by atoms with Crippen LogP contribution in [0.5, 0.6) is 0 Å². The molecule has 1 atom stereocenters. The quantitative estimate of drug-likeness (QED) is 0.324. The molecule has 27 heavy (non-hydrogen) atoms. The van der Waals surface area contributed by atoms with E-state index in [0.717, 1.165) is 27.5 Å². The third-order valence-corrected chi connectivity index (χ3v) is 6.35. The third-order valence-electron chi connectivity index (χ3n) is 4.31. The number of para-hydroxylation sites is 1. The molecule has 3 N–H and O–H groups in total. The average molecular weight is 392 g/mol. The van der Waals surface area contributed by atoms with Crippen molar-refractivity contribution in [2.75, 3.05) is 5.73 Å². The fourth-order valence-electron chi connectivity index (χ4n) is 3.01. The summed E-state index contributed by atoms with van der Waals surface area (Å²) in [6, 6.07) is 25.0. The number of hydrogen-bond donors (Lipinski definition) is 2. The molecule has 1 heterocycles. The maximum Gasteiger partial charge on any atom is 0.112 e. The third kappa shape index (κ3) is 4.50. The zero-order valence-corrected chi connectivity index (χ0v) is 16.7. The highest BCUT2D eigenvalue weighted by Crippen LogP contribution is 2.31. The number of nitrogens with one attached hydrogen (secondary N) is 1. The van der Waals surface area contributed by atoms with Crippen LogP contribution in [0.1, 0.15) is 22.2 Å². The summed E-state index contributed by atoms with van der Waals surface area (Å²) in [5.41, 5.74) is 10.3.